The third-order valence-corrected chi connectivity index (χ3v) is 12.4. The van der Waals surface area contributed by atoms with Crippen molar-refractivity contribution in [2.45, 2.75) is 6.92 Å². The van der Waals surface area contributed by atoms with Gasteiger partial charge in [0, 0.05) is 23.2 Å². The zero-order chi connectivity index (χ0) is 39.0. The van der Waals surface area contributed by atoms with Crippen LogP contribution in [0.25, 0.3) is 120 Å². The molecule has 0 radical (unpaired) electrons. The van der Waals surface area contributed by atoms with E-state index in [-0.39, 0.29) is 0 Å². The van der Waals surface area contributed by atoms with Crippen molar-refractivity contribution >= 4 is 75.7 Å². The highest BCUT2D eigenvalue weighted by Gasteiger charge is 2.16. The molecule has 0 saturated heterocycles. The van der Waals surface area contributed by atoms with Gasteiger partial charge in [-0.25, -0.2) is 0 Å². The number of benzene rings is 10. The molecule has 2 heterocycles. The zero-order valence-corrected chi connectivity index (χ0v) is 32.4. The van der Waals surface area contributed by atoms with Gasteiger partial charge in [0.15, 0.2) is 0 Å². The Morgan fingerprint density at radius 1 is 0.288 bits per heavy atom. The fourth-order valence-corrected chi connectivity index (χ4v) is 9.72. The Morgan fingerprint density at radius 3 is 1.58 bits per heavy atom. The molecule has 0 fully saturated rings. The van der Waals surface area contributed by atoms with Crippen LogP contribution in [-0.2, 0) is 0 Å². The van der Waals surface area contributed by atoms with E-state index in [1.165, 1.54) is 92.8 Å². The van der Waals surface area contributed by atoms with Gasteiger partial charge in [0.1, 0.15) is 0 Å². The van der Waals surface area contributed by atoms with E-state index in [4.69, 9.17) is 4.98 Å². The molecule has 2 aromatic heterocycles. The molecule has 12 rings (SSSR count). The highest BCUT2D eigenvalue weighted by atomic mass is 14.7. The van der Waals surface area contributed by atoms with E-state index in [9.17, 15) is 0 Å². The maximum atomic E-state index is 4.73. The minimum absolute atomic E-state index is 0.933. The standard InChI is InChI=1S/C57H36N2/c1-35-9-4-10-38-23-24-40-12-6-17-50(55(40)53(35)38)49-16-5-11-39-25-26-42-33-41(27-28-46(42)54(39)49)45-30-29-44(47-14-2-3-15-48(45)47)36-19-21-37(22-20-36)52-34-43-13-7-31-58-56(43)57-51(52)18-8-32-59-57/h2-34H,1H3. The number of rotatable bonds is 4. The summed E-state index contributed by atoms with van der Waals surface area (Å²) in [6.45, 7) is 2.23. The first kappa shape index (κ1) is 33.5. The second-order valence-corrected chi connectivity index (χ2v) is 15.7. The molecular weight excluding hydrogens is 713 g/mol. The second-order valence-electron chi connectivity index (χ2n) is 15.7. The number of nitrogens with zero attached hydrogens (tertiary/aromatic N) is 2. The van der Waals surface area contributed by atoms with E-state index in [0.29, 0.717) is 0 Å². The molecule has 274 valence electrons. The summed E-state index contributed by atoms with van der Waals surface area (Å²) in [5, 5.41) is 14.9. The van der Waals surface area contributed by atoms with Crippen LogP contribution in [0.5, 0.6) is 0 Å². The predicted molar refractivity (Wildman–Crippen MR) is 251 cm³/mol. The van der Waals surface area contributed by atoms with E-state index in [2.05, 4.69) is 188 Å². The lowest BCUT2D eigenvalue weighted by Crippen LogP contribution is -1.90. The van der Waals surface area contributed by atoms with Crippen LogP contribution in [0.4, 0.5) is 0 Å². The maximum Gasteiger partial charge on any atom is 0.0970 e. The van der Waals surface area contributed by atoms with Crippen molar-refractivity contribution in [2.24, 2.45) is 0 Å². The first-order valence-corrected chi connectivity index (χ1v) is 20.3. The molecule has 0 aliphatic rings. The van der Waals surface area contributed by atoms with E-state index in [0.717, 1.165) is 32.9 Å². The first-order valence-electron chi connectivity index (χ1n) is 20.3. The van der Waals surface area contributed by atoms with Crippen LogP contribution < -0.4 is 0 Å². The van der Waals surface area contributed by atoms with E-state index in [1.54, 1.807) is 0 Å². The van der Waals surface area contributed by atoms with Crippen molar-refractivity contribution in [3.05, 3.63) is 206 Å². The third-order valence-electron chi connectivity index (χ3n) is 12.4. The molecule has 0 bridgehead atoms. The Hall–Kier alpha value is -7.68. The van der Waals surface area contributed by atoms with Crippen LogP contribution in [0, 0.1) is 6.92 Å². The third kappa shape index (κ3) is 5.27. The monoisotopic (exact) mass is 748 g/mol. The van der Waals surface area contributed by atoms with Gasteiger partial charge >= 0.3 is 0 Å². The average Bonchev–Trinajstić information content (AvgIpc) is 3.30. The maximum absolute atomic E-state index is 4.73. The van der Waals surface area contributed by atoms with Crippen LogP contribution in [0.15, 0.2) is 200 Å². The highest BCUT2D eigenvalue weighted by molar-refractivity contribution is 6.22. The molecule has 2 nitrogen and oxygen atoms in total. The average molecular weight is 749 g/mol. The molecule has 0 N–H and O–H groups in total. The minimum Gasteiger partial charge on any atom is -0.254 e. The molecule has 12 aromatic rings. The van der Waals surface area contributed by atoms with Crippen LogP contribution in [0.3, 0.4) is 0 Å². The molecule has 10 aromatic carbocycles. The Kier molecular flexibility index (Phi) is 7.48. The topological polar surface area (TPSA) is 25.8 Å². The van der Waals surface area contributed by atoms with Crippen LogP contribution in [0.2, 0.25) is 0 Å². The van der Waals surface area contributed by atoms with Gasteiger partial charge in [-0.1, -0.05) is 164 Å². The Morgan fingerprint density at radius 2 is 0.831 bits per heavy atom. The largest absolute Gasteiger partial charge is 0.254 e. The van der Waals surface area contributed by atoms with E-state index >= 15 is 0 Å². The summed E-state index contributed by atoms with van der Waals surface area (Å²) in [5.41, 5.74) is 12.9. The number of hydrogen-bond acceptors (Lipinski definition) is 2. The predicted octanol–water partition coefficient (Wildman–Crippen LogP) is 15.5. The Bertz CT molecular complexity index is 3670. The fraction of sp³-hybridized carbons (Fsp3) is 0.0175. The summed E-state index contributed by atoms with van der Waals surface area (Å²) in [6.07, 6.45) is 3.69. The molecular formula is C57H36N2. The molecule has 0 aliphatic heterocycles. The van der Waals surface area contributed by atoms with Gasteiger partial charge in [-0.2, -0.15) is 0 Å². The summed E-state index contributed by atoms with van der Waals surface area (Å²) in [5.74, 6) is 0. The molecule has 0 amide bonds. The molecule has 0 unspecified atom stereocenters. The number of hydrogen-bond donors (Lipinski definition) is 0. The lowest BCUT2D eigenvalue weighted by Gasteiger charge is -2.16. The summed E-state index contributed by atoms with van der Waals surface area (Å²) in [7, 11) is 0. The second kappa shape index (κ2) is 13.2. The Labute approximate surface area is 341 Å². The lowest BCUT2D eigenvalue weighted by molar-refractivity contribution is 1.37. The van der Waals surface area contributed by atoms with Crippen molar-refractivity contribution in [3.63, 3.8) is 0 Å². The molecule has 2 heteroatoms. The Balaban J connectivity index is 0.968. The lowest BCUT2D eigenvalue weighted by atomic mass is 9.87. The van der Waals surface area contributed by atoms with Gasteiger partial charge in [-0.3, -0.25) is 9.97 Å². The zero-order valence-electron chi connectivity index (χ0n) is 32.4. The fourth-order valence-electron chi connectivity index (χ4n) is 9.72. The number of aryl methyl sites for hydroxylation is 1. The van der Waals surface area contributed by atoms with Crippen molar-refractivity contribution in [2.75, 3.05) is 0 Å². The SMILES string of the molecule is Cc1cccc2ccc3cccc(-c4cccc5ccc6cc(-c7ccc(-c8ccc(-c9cc%10cccnc%10c%10ncccc9%10)cc8)c8ccccc78)ccc6c45)c3c12. The molecule has 0 aliphatic carbocycles. The van der Waals surface area contributed by atoms with Crippen molar-refractivity contribution in [3.8, 4) is 44.5 Å². The van der Waals surface area contributed by atoms with Crippen LogP contribution in [-0.4, -0.2) is 9.97 Å². The van der Waals surface area contributed by atoms with Gasteiger partial charge in [0.25, 0.3) is 0 Å². The van der Waals surface area contributed by atoms with Gasteiger partial charge in [-0.05, 0) is 135 Å². The van der Waals surface area contributed by atoms with Gasteiger partial charge in [0.05, 0.1) is 11.0 Å². The van der Waals surface area contributed by atoms with Gasteiger partial charge in [-0.15, -0.1) is 0 Å². The number of aromatic nitrogens is 2. The molecule has 0 saturated carbocycles. The van der Waals surface area contributed by atoms with E-state index in [1.807, 2.05) is 24.5 Å². The normalized spacial score (nSPS) is 11.8. The summed E-state index contributed by atoms with van der Waals surface area (Å²) < 4.78 is 0. The number of pyridine rings is 2. The van der Waals surface area contributed by atoms with Gasteiger partial charge < -0.3 is 0 Å². The summed E-state index contributed by atoms with van der Waals surface area (Å²) >= 11 is 0. The first-order chi connectivity index (χ1) is 29.2. The van der Waals surface area contributed by atoms with Crippen LogP contribution >= 0.6 is 0 Å². The molecule has 0 spiro atoms. The molecule has 0 atom stereocenters. The smallest absolute Gasteiger partial charge is 0.0970 e. The summed E-state index contributed by atoms with van der Waals surface area (Å²) in [4.78, 5) is 9.39. The van der Waals surface area contributed by atoms with Crippen LogP contribution in [0.1, 0.15) is 5.56 Å². The summed E-state index contributed by atoms with van der Waals surface area (Å²) in [6, 6.07) is 69.2. The molecule has 59 heavy (non-hydrogen) atoms. The minimum atomic E-state index is 0.933. The quantitative estimate of drug-likeness (QED) is 0.168. The van der Waals surface area contributed by atoms with Crippen molar-refractivity contribution < 1.29 is 0 Å². The van der Waals surface area contributed by atoms with E-state index < -0.39 is 0 Å². The number of fused-ring (bicyclic) bond motifs is 10. The van der Waals surface area contributed by atoms with Gasteiger partial charge in [0.2, 0.25) is 0 Å². The highest BCUT2D eigenvalue weighted by Crippen LogP contribution is 2.43. The van der Waals surface area contributed by atoms with Crippen molar-refractivity contribution in [1.29, 1.82) is 0 Å². The van der Waals surface area contributed by atoms with Crippen molar-refractivity contribution in [1.82, 2.24) is 9.97 Å².